The second-order valence-corrected chi connectivity index (χ2v) is 8.89. The number of hydrogen-bond acceptors (Lipinski definition) is 6. The van der Waals surface area contributed by atoms with Crippen LogP contribution in [0, 0.1) is 0 Å². The number of aromatic nitrogens is 3. The number of fused-ring (bicyclic) bond motifs is 3. The van der Waals surface area contributed by atoms with E-state index >= 15 is 0 Å². The van der Waals surface area contributed by atoms with Crippen molar-refractivity contribution in [1.29, 1.82) is 0 Å². The summed E-state index contributed by atoms with van der Waals surface area (Å²) in [5.74, 6) is 1.76. The highest BCUT2D eigenvalue weighted by molar-refractivity contribution is 7.06. The van der Waals surface area contributed by atoms with Gasteiger partial charge >= 0.3 is 6.09 Å². The van der Waals surface area contributed by atoms with Gasteiger partial charge in [0.2, 0.25) is 0 Å². The highest BCUT2D eigenvalue weighted by Crippen LogP contribution is 2.33. The Morgan fingerprint density at radius 1 is 1.22 bits per heavy atom. The third-order valence-electron chi connectivity index (χ3n) is 5.45. The largest absolute Gasteiger partial charge is 0.496 e. The van der Waals surface area contributed by atoms with Crippen molar-refractivity contribution >= 4 is 45.9 Å². The van der Waals surface area contributed by atoms with Crippen LogP contribution in [-0.2, 0) is 24.3 Å². The van der Waals surface area contributed by atoms with Gasteiger partial charge in [-0.2, -0.15) is 4.37 Å². The van der Waals surface area contributed by atoms with Crippen molar-refractivity contribution in [3.05, 3.63) is 58.2 Å². The van der Waals surface area contributed by atoms with Gasteiger partial charge in [0.15, 0.2) is 0 Å². The molecular weight excluding hydrogens is 448 g/mol. The number of ether oxygens (including phenoxy) is 2. The molecule has 0 atom stereocenters. The summed E-state index contributed by atoms with van der Waals surface area (Å²) in [6.07, 6.45) is 2.82. The Bertz CT molecular complexity index is 1300. The molecule has 1 N–H and O–H groups in total. The van der Waals surface area contributed by atoms with E-state index in [1.165, 1.54) is 24.4 Å². The normalized spacial score (nSPS) is 13.1. The van der Waals surface area contributed by atoms with Crippen LogP contribution in [0.25, 0.3) is 22.3 Å². The van der Waals surface area contributed by atoms with Crippen molar-refractivity contribution < 1.29 is 14.3 Å². The predicted octanol–water partition coefficient (Wildman–Crippen LogP) is 5.91. The van der Waals surface area contributed by atoms with Crippen LogP contribution in [0.4, 0.5) is 10.5 Å². The zero-order valence-corrected chi connectivity index (χ0v) is 19.0. The van der Waals surface area contributed by atoms with Crippen molar-refractivity contribution in [3.8, 4) is 17.0 Å². The van der Waals surface area contributed by atoms with Crippen molar-refractivity contribution in [1.82, 2.24) is 13.9 Å². The first-order valence-corrected chi connectivity index (χ1v) is 11.5. The fourth-order valence-corrected chi connectivity index (χ4v) is 4.73. The molecule has 0 bridgehead atoms. The third kappa shape index (κ3) is 4.16. The number of amides is 1. The maximum atomic E-state index is 12.3. The van der Waals surface area contributed by atoms with Crippen LogP contribution in [0.3, 0.4) is 0 Å². The standard InChI is InChI=1S/C23H21ClN4O3S/c1-30-21-10-14(24)5-7-17(21)18-12-16(32-27-18)13-31-23(29)25-15-6-8-20-19(11-15)26-22-4-2-3-9-28(20)22/h5-8,10-12H,2-4,9,13H2,1H3,(H,25,29). The molecule has 0 unspecified atom stereocenters. The summed E-state index contributed by atoms with van der Waals surface area (Å²) in [5, 5.41) is 3.38. The van der Waals surface area contributed by atoms with Crippen LogP contribution in [0.5, 0.6) is 5.75 Å². The van der Waals surface area contributed by atoms with Gasteiger partial charge in [-0.25, -0.2) is 9.78 Å². The zero-order valence-electron chi connectivity index (χ0n) is 17.4. The third-order valence-corrected chi connectivity index (χ3v) is 6.44. The van der Waals surface area contributed by atoms with Gasteiger partial charge in [-0.15, -0.1) is 0 Å². The second kappa shape index (κ2) is 8.80. The van der Waals surface area contributed by atoms with E-state index in [1.807, 2.05) is 30.3 Å². The van der Waals surface area contributed by atoms with E-state index in [9.17, 15) is 4.79 Å². The Hall–Kier alpha value is -3.10. The average molecular weight is 469 g/mol. The van der Waals surface area contributed by atoms with E-state index in [1.54, 1.807) is 19.2 Å². The molecule has 0 saturated heterocycles. The fourth-order valence-electron chi connectivity index (χ4n) is 3.93. The lowest BCUT2D eigenvalue weighted by Crippen LogP contribution is -2.13. The molecule has 0 aliphatic carbocycles. The lowest BCUT2D eigenvalue weighted by atomic mass is 10.1. The molecule has 1 aliphatic heterocycles. The van der Waals surface area contributed by atoms with Crippen molar-refractivity contribution in [2.24, 2.45) is 0 Å². The molecule has 0 fully saturated rings. The summed E-state index contributed by atoms with van der Waals surface area (Å²) in [6, 6.07) is 13.0. The maximum Gasteiger partial charge on any atom is 0.411 e. The number of aryl methyl sites for hydroxylation is 2. The number of carbonyl (C=O) groups excluding carboxylic acids is 1. The Morgan fingerprint density at radius 2 is 2.12 bits per heavy atom. The second-order valence-electron chi connectivity index (χ2n) is 7.56. The first kappa shape index (κ1) is 20.8. The number of methoxy groups -OCH3 is 1. The first-order valence-electron chi connectivity index (χ1n) is 10.3. The summed E-state index contributed by atoms with van der Waals surface area (Å²) in [5.41, 5.74) is 4.24. The van der Waals surface area contributed by atoms with Gasteiger partial charge in [0.05, 0.1) is 28.7 Å². The molecule has 3 heterocycles. The van der Waals surface area contributed by atoms with Crippen LogP contribution in [0.2, 0.25) is 5.02 Å². The van der Waals surface area contributed by atoms with E-state index in [2.05, 4.69) is 14.3 Å². The van der Waals surface area contributed by atoms with E-state index in [0.717, 1.165) is 46.0 Å². The molecule has 4 aromatic rings. The van der Waals surface area contributed by atoms with Crippen molar-refractivity contribution in [2.75, 3.05) is 12.4 Å². The Labute approximate surface area is 194 Å². The van der Waals surface area contributed by atoms with Crippen LogP contribution < -0.4 is 10.1 Å². The van der Waals surface area contributed by atoms with Gasteiger partial charge in [0, 0.05) is 29.2 Å². The molecule has 0 spiro atoms. The maximum absolute atomic E-state index is 12.3. The summed E-state index contributed by atoms with van der Waals surface area (Å²) in [7, 11) is 1.59. The number of imidazole rings is 1. The minimum absolute atomic E-state index is 0.125. The molecule has 0 radical (unpaired) electrons. The van der Waals surface area contributed by atoms with Gasteiger partial charge in [-0.1, -0.05) is 11.6 Å². The number of nitrogens with one attached hydrogen (secondary N) is 1. The topological polar surface area (TPSA) is 78.3 Å². The van der Waals surface area contributed by atoms with Gasteiger partial charge < -0.3 is 14.0 Å². The number of benzene rings is 2. The van der Waals surface area contributed by atoms with Crippen LogP contribution in [-0.4, -0.2) is 27.1 Å². The fraction of sp³-hybridized carbons (Fsp3) is 0.261. The summed E-state index contributed by atoms with van der Waals surface area (Å²) in [6.45, 7) is 1.12. The molecule has 5 rings (SSSR count). The molecule has 9 heteroatoms. The number of carbonyl (C=O) groups is 1. The molecule has 0 saturated carbocycles. The Morgan fingerprint density at radius 3 is 3.00 bits per heavy atom. The van der Waals surface area contributed by atoms with E-state index in [-0.39, 0.29) is 6.61 Å². The monoisotopic (exact) mass is 468 g/mol. The Kier molecular flexibility index (Phi) is 5.71. The average Bonchev–Trinajstić information content (AvgIpc) is 3.41. The SMILES string of the molecule is COc1cc(Cl)ccc1-c1cc(COC(=O)Nc2ccc3c(c2)nc2n3CCCC2)sn1. The molecule has 164 valence electrons. The van der Waals surface area contributed by atoms with Crippen LogP contribution in [0.15, 0.2) is 42.5 Å². The zero-order chi connectivity index (χ0) is 22.1. The first-order chi connectivity index (χ1) is 15.6. The summed E-state index contributed by atoms with van der Waals surface area (Å²) < 4.78 is 17.5. The van der Waals surface area contributed by atoms with Crippen LogP contribution in [0.1, 0.15) is 23.5 Å². The van der Waals surface area contributed by atoms with Crippen molar-refractivity contribution in [3.63, 3.8) is 0 Å². The van der Waals surface area contributed by atoms with E-state index < -0.39 is 6.09 Å². The number of rotatable bonds is 5. The quantitative estimate of drug-likeness (QED) is 0.394. The number of halogens is 1. The van der Waals surface area contributed by atoms with Crippen molar-refractivity contribution in [2.45, 2.75) is 32.4 Å². The summed E-state index contributed by atoms with van der Waals surface area (Å²) in [4.78, 5) is 17.9. The summed E-state index contributed by atoms with van der Waals surface area (Å²) >= 11 is 7.31. The molecule has 1 aliphatic rings. The van der Waals surface area contributed by atoms with Gasteiger partial charge in [-0.05, 0) is 66.8 Å². The number of nitrogens with zero attached hydrogens (tertiary/aromatic N) is 3. The minimum Gasteiger partial charge on any atom is -0.496 e. The highest BCUT2D eigenvalue weighted by atomic mass is 35.5. The molecule has 1 amide bonds. The highest BCUT2D eigenvalue weighted by Gasteiger charge is 2.16. The molecule has 32 heavy (non-hydrogen) atoms. The smallest absolute Gasteiger partial charge is 0.411 e. The number of anilines is 1. The van der Waals surface area contributed by atoms with Gasteiger partial charge in [-0.3, -0.25) is 5.32 Å². The van der Waals surface area contributed by atoms with Gasteiger partial charge in [0.25, 0.3) is 0 Å². The lowest BCUT2D eigenvalue weighted by Gasteiger charge is -2.13. The lowest BCUT2D eigenvalue weighted by molar-refractivity contribution is 0.156. The number of hydrogen-bond donors (Lipinski definition) is 1. The molecule has 2 aromatic carbocycles. The van der Waals surface area contributed by atoms with Crippen LogP contribution >= 0.6 is 23.1 Å². The predicted molar refractivity (Wildman–Crippen MR) is 126 cm³/mol. The molecule has 7 nitrogen and oxygen atoms in total. The molecular formula is C23H21ClN4O3S. The van der Waals surface area contributed by atoms with E-state index in [4.69, 9.17) is 26.1 Å². The minimum atomic E-state index is -0.521. The van der Waals surface area contributed by atoms with E-state index in [0.29, 0.717) is 16.5 Å². The van der Waals surface area contributed by atoms with Gasteiger partial charge in [0.1, 0.15) is 18.2 Å². The Balaban J connectivity index is 1.23. The molecule has 2 aromatic heterocycles.